The van der Waals surface area contributed by atoms with Crippen LogP contribution in [-0.2, 0) is 11.5 Å². The summed E-state index contributed by atoms with van der Waals surface area (Å²) in [6.07, 6.45) is 3.68. The molecule has 2 aliphatic rings. The summed E-state index contributed by atoms with van der Waals surface area (Å²) in [5.41, 5.74) is 7.74. The van der Waals surface area contributed by atoms with Crippen LogP contribution in [0.5, 0.6) is 0 Å². The highest BCUT2D eigenvalue weighted by Crippen LogP contribution is 2.62. The third-order valence-electron chi connectivity index (χ3n) is 6.86. The second kappa shape index (κ2) is 15.6. The van der Waals surface area contributed by atoms with E-state index in [2.05, 4.69) is 72.4 Å². The first-order valence-corrected chi connectivity index (χ1v) is 19.4. The summed E-state index contributed by atoms with van der Waals surface area (Å²) in [6, 6.07) is 32.4. The van der Waals surface area contributed by atoms with Crippen LogP contribution in [-0.4, -0.2) is 9.97 Å². The fourth-order valence-corrected chi connectivity index (χ4v) is 12.8. The number of pyridine rings is 2. The molecule has 0 spiro atoms. The highest BCUT2D eigenvalue weighted by Gasteiger charge is 2.30. The number of aromatic nitrogens is 2. The molecule has 2 aromatic carbocycles. The average Bonchev–Trinajstić information content (AvgIpc) is 3.66. The molecule has 2 aromatic heterocycles. The maximum absolute atomic E-state index is 9.56. The van der Waals surface area contributed by atoms with Crippen LogP contribution < -0.4 is 0 Å². The number of hydrogen-bond acceptors (Lipinski definition) is 10. The lowest BCUT2D eigenvalue weighted by Crippen LogP contribution is -1.96. The van der Waals surface area contributed by atoms with Gasteiger partial charge in [-0.25, -0.2) is 0 Å². The molecule has 4 nitrogen and oxygen atoms in total. The Morgan fingerprint density at radius 1 is 0.587 bits per heavy atom. The molecular weight excluding hydrogens is 681 g/mol. The van der Waals surface area contributed by atoms with Gasteiger partial charge in [-0.15, -0.1) is 23.5 Å². The molecular formula is C36H26N4S6. The summed E-state index contributed by atoms with van der Waals surface area (Å²) < 4.78 is 4.94. The van der Waals surface area contributed by atoms with Crippen LogP contribution in [0.4, 0.5) is 0 Å². The largest absolute Gasteiger partial charge is 0.260 e. The fourth-order valence-electron chi connectivity index (χ4n) is 4.58. The monoisotopic (exact) mass is 706 g/mol. The number of rotatable bonds is 9. The first-order valence-electron chi connectivity index (χ1n) is 14.2. The van der Waals surface area contributed by atoms with Crippen LogP contribution in [0.25, 0.3) is 11.1 Å². The van der Waals surface area contributed by atoms with Crippen LogP contribution in [0, 0.1) is 22.7 Å². The molecule has 0 unspecified atom stereocenters. The number of nitriles is 2. The summed E-state index contributed by atoms with van der Waals surface area (Å²) in [4.78, 5) is 11.6. The third-order valence-corrected chi connectivity index (χ3v) is 15.2. The van der Waals surface area contributed by atoms with Crippen LogP contribution in [0.3, 0.4) is 0 Å². The zero-order valence-electron chi connectivity index (χ0n) is 24.9. The van der Waals surface area contributed by atoms with Crippen LogP contribution in [0.2, 0.25) is 0 Å². The van der Waals surface area contributed by atoms with E-state index < -0.39 is 0 Å². The molecule has 0 saturated carbocycles. The molecule has 46 heavy (non-hydrogen) atoms. The standard InChI is InChI=1S/C36H26N4S6/c1-23-33(41-21-29-7-3-5-17-39-29)45-35(43-23)31(27-13-9-25(19-37)10-14-27)32(28-15-11-26(20-38)12-16-28)36-44-24(2)34(46-36)42-22-30-8-4-6-18-40-30/h3-18H,21-22H2,1-2H3/b35-31-,36-32-. The molecule has 0 radical (unpaired) electrons. The van der Waals surface area contributed by atoms with Gasteiger partial charge in [-0.2, -0.15) is 10.5 Å². The van der Waals surface area contributed by atoms with E-state index in [1.54, 1.807) is 23.5 Å². The molecule has 0 atom stereocenters. The quantitative estimate of drug-likeness (QED) is 0.168. The Labute approximate surface area is 295 Å². The maximum Gasteiger partial charge on any atom is 0.0991 e. The number of allylic oxidation sites excluding steroid dienone is 4. The summed E-state index contributed by atoms with van der Waals surface area (Å²) in [5.74, 6) is 1.60. The Hall–Kier alpha value is -3.22. The van der Waals surface area contributed by atoms with E-state index in [4.69, 9.17) is 0 Å². The smallest absolute Gasteiger partial charge is 0.0991 e. The van der Waals surface area contributed by atoms with E-state index in [0.29, 0.717) is 11.1 Å². The van der Waals surface area contributed by atoms with E-state index in [0.717, 1.165) is 45.2 Å². The molecule has 2 aliphatic heterocycles. The van der Waals surface area contributed by atoms with Gasteiger partial charge >= 0.3 is 0 Å². The number of nitrogens with zero attached hydrogens (tertiary/aromatic N) is 4. The highest BCUT2D eigenvalue weighted by molar-refractivity contribution is 8.36. The topological polar surface area (TPSA) is 73.4 Å². The van der Waals surface area contributed by atoms with Gasteiger partial charge in [-0.1, -0.05) is 83.4 Å². The predicted molar refractivity (Wildman–Crippen MR) is 203 cm³/mol. The molecule has 4 heterocycles. The van der Waals surface area contributed by atoms with Crippen molar-refractivity contribution >= 4 is 81.7 Å². The number of hydrogen-bond donors (Lipinski definition) is 0. The van der Waals surface area contributed by atoms with Crippen molar-refractivity contribution in [3.63, 3.8) is 0 Å². The maximum atomic E-state index is 9.56. The van der Waals surface area contributed by atoms with Crippen molar-refractivity contribution in [3.05, 3.63) is 158 Å². The SMILES string of the molecule is CC1=C(SCc2ccccn2)S/C(=C(\C(=C2\SC(C)=C(SCc3ccccn3)S2)c2ccc(C#N)cc2)c2ccc(C#N)cc2)S1. The lowest BCUT2D eigenvalue weighted by atomic mass is 9.93. The zero-order valence-corrected chi connectivity index (χ0v) is 29.8. The van der Waals surface area contributed by atoms with E-state index in [1.165, 1.54) is 26.8 Å². The second-order valence-electron chi connectivity index (χ2n) is 10.0. The van der Waals surface area contributed by atoms with Gasteiger partial charge in [0.05, 0.1) is 51.6 Å². The van der Waals surface area contributed by atoms with Gasteiger partial charge in [0.15, 0.2) is 0 Å². The molecule has 0 saturated heterocycles. The minimum absolute atomic E-state index is 0.628. The Bertz CT molecular complexity index is 1810. The molecule has 4 aromatic rings. The summed E-state index contributed by atoms with van der Waals surface area (Å²) in [6.45, 7) is 4.38. The first-order chi connectivity index (χ1) is 22.5. The van der Waals surface area contributed by atoms with E-state index >= 15 is 0 Å². The minimum atomic E-state index is 0.628. The van der Waals surface area contributed by atoms with E-state index in [1.807, 2.05) is 108 Å². The average molecular weight is 707 g/mol. The van der Waals surface area contributed by atoms with Crippen molar-refractivity contribution in [2.45, 2.75) is 25.4 Å². The Balaban J connectivity index is 1.42. The molecule has 10 heteroatoms. The van der Waals surface area contributed by atoms with Gasteiger partial charge in [-0.3, -0.25) is 9.97 Å². The molecule has 0 bridgehead atoms. The normalized spacial score (nSPS) is 16.8. The number of benzene rings is 2. The first kappa shape index (κ1) is 32.7. The summed E-state index contributed by atoms with van der Waals surface area (Å²) in [5, 5.41) is 19.1. The van der Waals surface area contributed by atoms with Gasteiger partial charge in [0, 0.05) is 44.9 Å². The molecule has 0 amide bonds. The summed E-state index contributed by atoms with van der Waals surface area (Å²) in [7, 11) is 0. The van der Waals surface area contributed by atoms with Gasteiger partial charge in [0.25, 0.3) is 0 Å². The second-order valence-corrected chi connectivity index (χ2v) is 17.5. The van der Waals surface area contributed by atoms with Gasteiger partial charge in [-0.05, 0) is 73.5 Å². The molecule has 226 valence electrons. The molecule has 0 fully saturated rings. The van der Waals surface area contributed by atoms with Crippen LogP contribution in [0.15, 0.2) is 124 Å². The predicted octanol–water partition coefficient (Wildman–Crippen LogP) is 11.5. The Morgan fingerprint density at radius 2 is 1.00 bits per heavy atom. The van der Waals surface area contributed by atoms with Crippen molar-refractivity contribution < 1.29 is 0 Å². The van der Waals surface area contributed by atoms with Crippen molar-refractivity contribution in [2.24, 2.45) is 0 Å². The molecule has 0 aliphatic carbocycles. The van der Waals surface area contributed by atoms with Crippen molar-refractivity contribution in [1.29, 1.82) is 10.5 Å². The molecule has 0 N–H and O–H groups in total. The molecule has 6 rings (SSSR count). The van der Waals surface area contributed by atoms with Crippen molar-refractivity contribution in [3.8, 4) is 12.1 Å². The van der Waals surface area contributed by atoms with E-state index in [-0.39, 0.29) is 0 Å². The van der Waals surface area contributed by atoms with E-state index in [9.17, 15) is 10.5 Å². The van der Waals surface area contributed by atoms with Crippen molar-refractivity contribution in [2.75, 3.05) is 0 Å². The Kier molecular flexibility index (Phi) is 11.1. The number of thioether (sulfide) groups is 6. The Morgan fingerprint density at radius 3 is 1.35 bits per heavy atom. The lowest BCUT2D eigenvalue weighted by molar-refractivity contribution is 1.18. The summed E-state index contributed by atoms with van der Waals surface area (Å²) >= 11 is 10.9. The highest BCUT2D eigenvalue weighted by atomic mass is 32.2. The van der Waals surface area contributed by atoms with Gasteiger partial charge < -0.3 is 0 Å². The van der Waals surface area contributed by atoms with Gasteiger partial charge in [0.2, 0.25) is 0 Å². The minimum Gasteiger partial charge on any atom is -0.260 e. The van der Waals surface area contributed by atoms with Crippen molar-refractivity contribution in [1.82, 2.24) is 9.97 Å². The van der Waals surface area contributed by atoms with Crippen LogP contribution in [0.1, 0.15) is 47.5 Å². The van der Waals surface area contributed by atoms with Crippen LogP contribution >= 0.6 is 70.6 Å². The third kappa shape index (κ3) is 7.83. The zero-order chi connectivity index (χ0) is 31.9. The van der Waals surface area contributed by atoms with Gasteiger partial charge in [0.1, 0.15) is 0 Å². The fraction of sp³-hybridized carbons (Fsp3) is 0.111. The lowest BCUT2D eigenvalue weighted by Gasteiger charge is -2.19.